The van der Waals surface area contributed by atoms with Gasteiger partial charge in [-0.3, -0.25) is 9.59 Å². The van der Waals surface area contributed by atoms with Crippen LogP contribution < -0.4 is 10.3 Å². The largest absolute Gasteiger partial charge is 0.496 e. The fraction of sp³-hybridized carbons (Fsp3) is 0.400. The molecule has 0 radical (unpaired) electrons. The van der Waals surface area contributed by atoms with E-state index in [0.29, 0.717) is 24.6 Å². The molecule has 0 bridgehead atoms. The highest BCUT2D eigenvalue weighted by Gasteiger charge is 2.26. The van der Waals surface area contributed by atoms with Crippen LogP contribution in [0.3, 0.4) is 0 Å². The van der Waals surface area contributed by atoms with Crippen molar-refractivity contribution in [3.8, 4) is 5.75 Å². The Morgan fingerprint density at radius 2 is 2.06 bits per heavy atom. The van der Waals surface area contributed by atoms with E-state index < -0.39 is 5.97 Å². The number of methoxy groups -OCH3 is 1. The second-order valence-electron chi connectivity index (χ2n) is 8.91. The summed E-state index contributed by atoms with van der Waals surface area (Å²) in [6, 6.07) is 9.95. The van der Waals surface area contributed by atoms with Crippen molar-refractivity contribution in [2.75, 3.05) is 7.11 Å². The molecule has 0 atom stereocenters. The number of aryl methyl sites for hydroxylation is 2. The van der Waals surface area contributed by atoms with Gasteiger partial charge >= 0.3 is 5.97 Å². The van der Waals surface area contributed by atoms with E-state index >= 15 is 0 Å². The number of hydrogen-bond acceptors (Lipinski definition) is 6. The molecule has 9 heteroatoms. The number of ether oxygens (including phenoxy) is 1. The van der Waals surface area contributed by atoms with Crippen LogP contribution in [0.4, 0.5) is 0 Å². The third-order valence-corrected chi connectivity index (χ3v) is 5.73. The van der Waals surface area contributed by atoms with Gasteiger partial charge in [-0.05, 0) is 59.6 Å². The predicted molar refractivity (Wildman–Crippen MR) is 127 cm³/mol. The maximum absolute atomic E-state index is 12.6. The highest BCUT2D eigenvalue weighted by Crippen LogP contribution is 2.38. The van der Waals surface area contributed by atoms with Crippen LogP contribution in [0.5, 0.6) is 5.75 Å². The van der Waals surface area contributed by atoms with Crippen LogP contribution in [0.25, 0.3) is 5.57 Å². The maximum Gasteiger partial charge on any atom is 0.327 e. The minimum Gasteiger partial charge on any atom is -0.496 e. The normalized spacial score (nSPS) is 13.9. The van der Waals surface area contributed by atoms with E-state index in [0.717, 1.165) is 51.3 Å². The summed E-state index contributed by atoms with van der Waals surface area (Å²) in [7, 11) is 1.63. The molecule has 3 aromatic rings. The molecule has 1 aromatic carbocycles. The lowest BCUT2D eigenvalue weighted by Gasteiger charge is -2.14. The van der Waals surface area contributed by atoms with E-state index in [2.05, 4.69) is 40.3 Å². The number of allylic oxidation sites excluding steroid dienone is 1. The number of carboxylic acids is 1. The third kappa shape index (κ3) is 5.59. The minimum atomic E-state index is -1.02. The molecule has 178 valence electrons. The Morgan fingerprint density at radius 1 is 1.26 bits per heavy atom. The van der Waals surface area contributed by atoms with Gasteiger partial charge in [0.05, 0.1) is 7.11 Å². The maximum atomic E-state index is 12.6. The molecule has 1 aliphatic rings. The number of carboxylic acid groups (broad SMARTS) is 1. The lowest BCUT2D eigenvalue weighted by Crippen LogP contribution is -2.13. The Labute approximate surface area is 197 Å². The number of aliphatic carboxylic acids is 1. The molecule has 34 heavy (non-hydrogen) atoms. The van der Waals surface area contributed by atoms with Gasteiger partial charge < -0.3 is 14.8 Å². The van der Waals surface area contributed by atoms with Gasteiger partial charge in [0.2, 0.25) is 0 Å². The molecule has 0 saturated heterocycles. The van der Waals surface area contributed by atoms with Crippen LogP contribution in [0.1, 0.15) is 60.8 Å². The number of pyridine rings is 1. The molecule has 1 fully saturated rings. The summed E-state index contributed by atoms with van der Waals surface area (Å²) in [6.45, 7) is 3.89. The van der Waals surface area contributed by atoms with Crippen LogP contribution in [-0.2, 0) is 24.2 Å². The number of nitrogens with zero attached hydrogens (tertiary/aromatic N) is 4. The van der Waals surface area contributed by atoms with E-state index in [-0.39, 0.29) is 18.0 Å². The number of aromatic nitrogens is 5. The Balaban J connectivity index is 1.57. The molecule has 4 rings (SSSR count). The molecule has 0 spiro atoms. The summed E-state index contributed by atoms with van der Waals surface area (Å²) >= 11 is 0. The molecule has 0 amide bonds. The second-order valence-corrected chi connectivity index (χ2v) is 8.91. The molecule has 1 saturated carbocycles. The van der Waals surface area contributed by atoms with Crippen molar-refractivity contribution in [1.29, 1.82) is 0 Å². The number of aromatic amines is 1. The molecule has 2 aromatic heterocycles. The van der Waals surface area contributed by atoms with Gasteiger partial charge in [0.1, 0.15) is 5.75 Å². The number of benzene rings is 1. The Morgan fingerprint density at radius 3 is 2.71 bits per heavy atom. The first-order valence-corrected chi connectivity index (χ1v) is 11.4. The number of carbonyl (C=O) groups is 1. The molecule has 1 aliphatic carbocycles. The predicted octanol–water partition coefficient (Wildman–Crippen LogP) is 3.20. The lowest BCUT2D eigenvalue weighted by atomic mass is 9.95. The third-order valence-electron chi connectivity index (χ3n) is 5.73. The van der Waals surface area contributed by atoms with Gasteiger partial charge in [0.15, 0.2) is 12.4 Å². The monoisotopic (exact) mass is 463 g/mol. The summed E-state index contributed by atoms with van der Waals surface area (Å²) < 4.78 is 5.67. The summed E-state index contributed by atoms with van der Waals surface area (Å²) in [6.07, 6.45) is 5.42. The highest BCUT2D eigenvalue weighted by atomic mass is 16.5. The number of nitrogens with one attached hydrogen (secondary N) is 1. The zero-order valence-electron chi connectivity index (χ0n) is 19.6. The number of tetrazole rings is 1. The Bertz CT molecular complexity index is 1270. The summed E-state index contributed by atoms with van der Waals surface area (Å²) in [5.41, 5.74) is 4.53. The molecular weight excluding hydrogens is 434 g/mol. The first kappa shape index (κ1) is 23.4. The molecule has 2 N–H and O–H groups in total. The van der Waals surface area contributed by atoms with E-state index in [1.807, 2.05) is 30.3 Å². The SMILES string of the molecule is COc1cc(/C(=C\C(C)C)c2ccc(C3CC3)c(=O)[nH]2)ccc1CCc1nnn(CC(=O)O)n1. The second kappa shape index (κ2) is 10.0. The van der Waals surface area contributed by atoms with Crippen molar-refractivity contribution in [1.82, 2.24) is 25.2 Å². The quantitative estimate of drug-likeness (QED) is 0.473. The highest BCUT2D eigenvalue weighted by molar-refractivity contribution is 5.79. The summed E-state index contributed by atoms with van der Waals surface area (Å²) in [5, 5.41) is 20.6. The number of H-pyrrole nitrogens is 1. The van der Waals surface area contributed by atoms with Crippen molar-refractivity contribution in [2.45, 2.75) is 52.0 Å². The van der Waals surface area contributed by atoms with Crippen molar-refractivity contribution >= 4 is 11.5 Å². The van der Waals surface area contributed by atoms with Gasteiger partial charge in [-0.1, -0.05) is 38.1 Å². The number of hydrogen-bond donors (Lipinski definition) is 2. The molecule has 0 aliphatic heterocycles. The van der Waals surface area contributed by atoms with Gasteiger partial charge in [-0.15, -0.1) is 10.2 Å². The van der Waals surface area contributed by atoms with Crippen molar-refractivity contribution in [2.24, 2.45) is 5.92 Å². The van der Waals surface area contributed by atoms with Gasteiger partial charge in [0, 0.05) is 23.3 Å². The molecule has 2 heterocycles. The zero-order valence-corrected chi connectivity index (χ0v) is 19.6. The minimum absolute atomic E-state index is 0.0123. The zero-order chi connectivity index (χ0) is 24.2. The van der Waals surface area contributed by atoms with Crippen molar-refractivity contribution in [3.05, 3.63) is 75.0 Å². The van der Waals surface area contributed by atoms with Crippen LogP contribution in [-0.4, -0.2) is 43.4 Å². The van der Waals surface area contributed by atoms with Gasteiger partial charge in [-0.25, -0.2) is 0 Å². The van der Waals surface area contributed by atoms with E-state index in [9.17, 15) is 9.59 Å². The van der Waals surface area contributed by atoms with E-state index in [4.69, 9.17) is 9.84 Å². The van der Waals surface area contributed by atoms with Crippen LogP contribution in [0.2, 0.25) is 0 Å². The summed E-state index contributed by atoms with van der Waals surface area (Å²) in [4.78, 5) is 27.6. The first-order valence-electron chi connectivity index (χ1n) is 11.4. The van der Waals surface area contributed by atoms with Crippen LogP contribution >= 0.6 is 0 Å². The fourth-order valence-electron chi connectivity index (χ4n) is 3.96. The van der Waals surface area contributed by atoms with Crippen LogP contribution in [0.15, 0.2) is 41.2 Å². The number of rotatable bonds is 10. The molecule has 0 unspecified atom stereocenters. The van der Waals surface area contributed by atoms with Gasteiger partial charge in [0.25, 0.3) is 5.56 Å². The van der Waals surface area contributed by atoms with E-state index in [1.165, 1.54) is 0 Å². The first-order chi connectivity index (χ1) is 16.3. The van der Waals surface area contributed by atoms with Crippen molar-refractivity contribution < 1.29 is 14.6 Å². The molecule has 9 nitrogen and oxygen atoms in total. The summed E-state index contributed by atoms with van der Waals surface area (Å²) in [5.74, 6) is 0.861. The average Bonchev–Trinajstić information content (AvgIpc) is 3.54. The molecular formula is C25H29N5O4. The Kier molecular flexibility index (Phi) is 6.90. The van der Waals surface area contributed by atoms with E-state index in [1.54, 1.807) is 7.11 Å². The Hall–Kier alpha value is -3.75. The van der Waals surface area contributed by atoms with Gasteiger partial charge in [-0.2, -0.15) is 4.80 Å². The average molecular weight is 464 g/mol. The van der Waals surface area contributed by atoms with Crippen LogP contribution in [0, 0.1) is 5.92 Å². The lowest BCUT2D eigenvalue weighted by molar-refractivity contribution is -0.138. The smallest absolute Gasteiger partial charge is 0.327 e. The van der Waals surface area contributed by atoms with Crippen molar-refractivity contribution in [3.63, 3.8) is 0 Å². The topological polar surface area (TPSA) is 123 Å². The fourth-order valence-corrected chi connectivity index (χ4v) is 3.96. The standard InChI is InChI=1S/C25H29N5O4/c1-15(2)12-20(21-10-9-19(16-4-5-16)25(33)26-21)18-7-6-17(22(13-18)34-3)8-11-23-27-29-30(28-23)14-24(31)32/h6-7,9-10,12-13,15-16H,4-5,8,11,14H2,1-3H3,(H,26,33)(H,31,32)/b20-12+.